The molecule has 164 valence electrons. The van der Waals surface area contributed by atoms with Gasteiger partial charge >= 0.3 is 0 Å². The van der Waals surface area contributed by atoms with Gasteiger partial charge in [-0.2, -0.15) is 0 Å². The van der Waals surface area contributed by atoms with Gasteiger partial charge in [0.05, 0.1) is 13.0 Å². The van der Waals surface area contributed by atoms with Crippen molar-refractivity contribution in [2.45, 2.75) is 51.9 Å². The van der Waals surface area contributed by atoms with E-state index in [4.69, 9.17) is 10.8 Å². The highest BCUT2D eigenvalue weighted by Crippen LogP contribution is 2.10. The number of benzene rings is 1. The van der Waals surface area contributed by atoms with Gasteiger partial charge in [-0.15, -0.1) is 0 Å². The van der Waals surface area contributed by atoms with Crippen molar-refractivity contribution in [2.75, 3.05) is 5.32 Å². The van der Waals surface area contributed by atoms with Gasteiger partial charge < -0.3 is 32.1 Å². The number of primary amides is 1. The van der Waals surface area contributed by atoms with Crippen LogP contribution in [0.4, 0.5) is 5.69 Å². The second kappa shape index (κ2) is 11.5. The second-order valence-electron chi connectivity index (χ2n) is 6.73. The van der Waals surface area contributed by atoms with Crippen LogP contribution in [0.1, 0.15) is 32.8 Å². The Kier molecular flexibility index (Phi) is 9.43. The third-order valence-electron chi connectivity index (χ3n) is 4.01. The van der Waals surface area contributed by atoms with Crippen LogP contribution >= 0.6 is 0 Å². The van der Waals surface area contributed by atoms with Gasteiger partial charge in [0.15, 0.2) is 0 Å². The Morgan fingerprint density at radius 1 is 0.900 bits per heavy atom. The highest BCUT2D eigenvalue weighted by Gasteiger charge is 2.27. The van der Waals surface area contributed by atoms with Crippen LogP contribution in [0.25, 0.3) is 0 Å². The van der Waals surface area contributed by atoms with Gasteiger partial charge in [0.1, 0.15) is 18.1 Å². The molecule has 1 aromatic rings. The van der Waals surface area contributed by atoms with Crippen LogP contribution in [-0.2, 0) is 30.6 Å². The second-order valence-corrected chi connectivity index (χ2v) is 6.73. The van der Waals surface area contributed by atoms with Crippen LogP contribution in [0, 0.1) is 0 Å². The molecule has 7 N–H and O–H groups in total. The summed E-state index contributed by atoms with van der Waals surface area (Å²) in [6, 6.07) is 3.15. The molecule has 0 fully saturated rings. The van der Waals surface area contributed by atoms with Crippen LogP contribution in [0.3, 0.4) is 0 Å². The molecule has 0 saturated heterocycles. The molecule has 0 heterocycles. The van der Waals surface area contributed by atoms with Gasteiger partial charge in [0.25, 0.3) is 0 Å². The van der Waals surface area contributed by atoms with Crippen molar-refractivity contribution in [3.05, 3.63) is 29.8 Å². The Hall–Kier alpha value is -3.47. The van der Waals surface area contributed by atoms with Gasteiger partial charge in [-0.3, -0.25) is 24.0 Å². The topological polar surface area (TPSA) is 180 Å². The SMILES string of the molecule is CC(=O)N[C@@H](C)C(=O)N[C@@H](C)C(=O)N[C@@H](CC(N)=O)C(=O)Nc1ccc(CO)cc1. The van der Waals surface area contributed by atoms with Gasteiger partial charge in [-0.25, -0.2) is 0 Å². The molecule has 11 nitrogen and oxygen atoms in total. The highest BCUT2D eigenvalue weighted by atomic mass is 16.3. The van der Waals surface area contributed by atoms with E-state index in [1.165, 1.54) is 20.8 Å². The fourth-order valence-corrected chi connectivity index (χ4v) is 2.40. The van der Waals surface area contributed by atoms with Crippen molar-refractivity contribution in [3.8, 4) is 0 Å². The fraction of sp³-hybridized carbons (Fsp3) is 0.421. The number of carbonyl (C=O) groups excluding carboxylic acids is 5. The first-order chi connectivity index (χ1) is 14.0. The zero-order chi connectivity index (χ0) is 22.8. The molecule has 1 aromatic carbocycles. The average Bonchev–Trinajstić information content (AvgIpc) is 2.66. The zero-order valence-electron chi connectivity index (χ0n) is 17.0. The summed E-state index contributed by atoms with van der Waals surface area (Å²) in [6.07, 6.45) is -0.449. The Bertz CT molecular complexity index is 795. The number of aliphatic hydroxyl groups is 1. The molecule has 11 heteroatoms. The van der Waals surface area contributed by atoms with Crippen LogP contribution in [0.15, 0.2) is 24.3 Å². The number of nitrogens with one attached hydrogen (secondary N) is 4. The fourth-order valence-electron chi connectivity index (χ4n) is 2.40. The molecule has 0 aliphatic rings. The number of nitrogens with two attached hydrogens (primary N) is 1. The van der Waals surface area contributed by atoms with E-state index in [-0.39, 0.29) is 6.61 Å². The largest absolute Gasteiger partial charge is 0.392 e. The Morgan fingerprint density at radius 2 is 1.43 bits per heavy atom. The Labute approximate surface area is 173 Å². The molecule has 0 bridgehead atoms. The summed E-state index contributed by atoms with van der Waals surface area (Å²) in [5.41, 5.74) is 6.21. The number of aliphatic hydroxyl groups excluding tert-OH is 1. The minimum absolute atomic E-state index is 0.154. The third kappa shape index (κ3) is 8.27. The monoisotopic (exact) mass is 421 g/mol. The normalized spacial score (nSPS) is 13.3. The lowest BCUT2D eigenvalue weighted by atomic mass is 10.1. The van der Waals surface area contributed by atoms with Crippen LogP contribution < -0.4 is 27.0 Å². The van der Waals surface area contributed by atoms with Gasteiger partial charge in [0, 0.05) is 12.6 Å². The summed E-state index contributed by atoms with van der Waals surface area (Å²) in [5.74, 6) is -3.19. The lowest BCUT2D eigenvalue weighted by molar-refractivity contribution is -0.132. The van der Waals surface area contributed by atoms with Gasteiger partial charge in [-0.05, 0) is 31.5 Å². The van der Waals surface area contributed by atoms with Crippen molar-refractivity contribution in [1.82, 2.24) is 16.0 Å². The molecule has 0 radical (unpaired) electrons. The average molecular weight is 421 g/mol. The molecular weight excluding hydrogens is 394 g/mol. The first-order valence-corrected chi connectivity index (χ1v) is 9.20. The maximum atomic E-state index is 12.5. The molecule has 1 rings (SSSR count). The van der Waals surface area contributed by atoms with Gasteiger partial charge in [0.2, 0.25) is 29.5 Å². The summed E-state index contributed by atoms with van der Waals surface area (Å²) < 4.78 is 0. The van der Waals surface area contributed by atoms with E-state index in [2.05, 4.69) is 21.3 Å². The van der Waals surface area contributed by atoms with Crippen molar-refractivity contribution < 1.29 is 29.1 Å². The first kappa shape index (κ1) is 24.6. The highest BCUT2D eigenvalue weighted by molar-refractivity contribution is 6.00. The molecule has 5 amide bonds. The molecular formula is C19H27N5O6. The van der Waals surface area contributed by atoms with E-state index in [1.807, 2.05) is 0 Å². The lowest BCUT2D eigenvalue weighted by Gasteiger charge is -2.21. The van der Waals surface area contributed by atoms with E-state index in [0.717, 1.165) is 0 Å². The molecule has 3 atom stereocenters. The van der Waals surface area contributed by atoms with Crippen molar-refractivity contribution in [3.63, 3.8) is 0 Å². The van der Waals surface area contributed by atoms with E-state index in [0.29, 0.717) is 11.3 Å². The predicted molar refractivity (Wildman–Crippen MR) is 108 cm³/mol. The van der Waals surface area contributed by atoms with E-state index in [9.17, 15) is 24.0 Å². The third-order valence-corrected chi connectivity index (χ3v) is 4.01. The summed E-state index contributed by atoms with van der Waals surface area (Å²) in [4.78, 5) is 59.2. The van der Waals surface area contributed by atoms with Crippen LogP contribution in [-0.4, -0.2) is 52.8 Å². The van der Waals surface area contributed by atoms with Crippen LogP contribution in [0.5, 0.6) is 0 Å². The smallest absolute Gasteiger partial charge is 0.247 e. The number of hydrogen-bond donors (Lipinski definition) is 6. The molecule has 30 heavy (non-hydrogen) atoms. The number of carbonyl (C=O) groups is 5. The lowest BCUT2D eigenvalue weighted by Crippen LogP contribution is -2.55. The summed E-state index contributed by atoms with van der Waals surface area (Å²) in [6.45, 7) is 3.94. The number of amides is 5. The number of rotatable bonds is 10. The standard InChI is InChI=1S/C19H27N5O6/c1-10(21-12(3)26)17(28)22-11(2)18(29)24-15(8-16(20)27)19(30)23-14-6-4-13(9-25)5-7-14/h4-7,10-11,15,25H,8-9H2,1-3H3,(H2,20,27)(H,21,26)(H,22,28)(H,23,30)(H,24,29)/t10-,11-,15-/m0/s1. The predicted octanol–water partition coefficient (Wildman–Crippen LogP) is -1.49. The summed E-state index contributed by atoms with van der Waals surface area (Å²) in [7, 11) is 0. The molecule has 0 aromatic heterocycles. The zero-order valence-corrected chi connectivity index (χ0v) is 17.0. The minimum atomic E-state index is -1.26. The molecule has 0 unspecified atom stereocenters. The van der Waals surface area contributed by atoms with E-state index in [1.54, 1.807) is 24.3 Å². The molecule has 0 spiro atoms. The van der Waals surface area contributed by atoms with E-state index >= 15 is 0 Å². The Balaban J connectivity index is 2.76. The van der Waals surface area contributed by atoms with Crippen molar-refractivity contribution in [1.29, 1.82) is 0 Å². The number of anilines is 1. The maximum Gasteiger partial charge on any atom is 0.247 e. The molecule has 0 aliphatic carbocycles. The number of hydrogen-bond acceptors (Lipinski definition) is 6. The summed E-state index contributed by atoms with van der Waals surface area (Å²) >= 11 is 0. The van der Waals surface area contributed by atoms with E-state index < -0.39 is 54.1 Å². The maximum absolute atomic E-state index is 12.5. The molecule has 0 aliphatic heterocycles. The summed E-state index contributed by atoms with van der Waals surface area (Å²) in [5, 5.41) is 18.8. The minimum Gasteiger partial charge on any atom is -0.392 e. The Morgan fingerprint density at radius 3 is 1.93 bits per heavy atom. The van der Waals surface area contributed by atoms with Crippen molar-refractivity contribution in [2.24, 2.45) is 5.73 Å². The van der Waals surface area contributed by atoms with Gasteiger partial charge in [-0.1, -0.05) is 12.1 Å². The molecule has 0 saturated carbocycles. The van der Waals surface area contributed by atoms with Crippen LogP contribution in [0.2, 0.25) is 0 Å². The first-order valence-electron chi connectivity index (χ1n) is 9.20. The quantitative estimate of drug-likeness (QED) is 0.268. The van der Waals surface area contributed by atoms with Crippen molar-refractivity contribution >= 4 is 35.2 Å².